The molecule has 0 spiro atoms. The highest BCUT2D eigenvalue weighted by Gasteiger charge is 2.21. The summed E-state index contributed by atoms with van der Waals surface area (Å²) in [6, 6.07) is 5.81. The summed E-state index contributed by atoms with van der Waals surface area (Å²) in [6.07, 6.45) is 2.83. The Kier molecular flexibility index (Phi) is 6.45. The highest BCUT2D eigenvalue weighted by Crippen LogP contribution is 2.11. The van der Waals surface area contributed by atoms with Crippen LogP contribution in [0.1, 0.15) is 25.7 Å². The summed E-state index contributed by atoms with van der Waals surface area (Å²) in [5.41, 5.74) is 0. The SMILES string of the molecule is O=C(NCCCCOc1ccc(F)cc1)N1CCCC(O)C1. The maximum atomic E-state index is 12.7. The third-order valence-electron chi connectivity index (χ3n) is 3.61. The summed E-state index contributed by atoms with van der Waals surface area (Å²) in [7, 11) is 0. The summed E-state index contributed by atoms with van der Waals surface area (Å²) < 4.78 is 18.2. The number of hydrogen-bond donors (Lipinski definition) is 2. The van der Waals surface area contributed by atoms with E-state index in [9.17, 15) is 14.3 Å². The molecule has 1 unspecified atom stereocenters. The second-order valence-electron chi connectivity index (χ2n) is 5.48. The standard InChI is InChI=1S/C16H23FN2O3/c17-13-5-7-15(8-6-13)22-11-2-1-9-18-16(21)19-10-3-4-14(20)12-19/h5-8,14,20H,1-4,9-12H2,(H,18,21). The molecule has 2 rings (SSSR count). The van der Waals surface area contributed by atoms with Gasteiger partial charge in [-0.2, -0.15) is 0 Å². The van der Waals surface area contributed by atoms with Crippen molar-refractivity contribution in [2.24, 2.45) is 0 Å². The van der Waals surface area contributed by atoms with Crippen molar-refractivity contribution < 1.29 is 19.0 Å². The normalized spacial score (nSPS) is 18.1. The van der Waals surface area contributed by atoms with E-state index in [0.29, 0.717) is 32.0 Å². The van der Waals surface area contributed by atoms with Gasteiger partial charge in [-0.05, 0) is 49.9 Å². The zero-order chi connectivity index (χ0) is 15.8. The number of ether oxygens (including phenoxy) is 1. The number of amides is 2. The Morgan fingerprint density at radius 2 is 2.14 bits per heavy atom. The number of nitrogens with one attached hydrogen (secondary N) is 1. The van der Waals surface area contributed by atoms with Gasteiger partial charge in [0, 0.05) is 19.6 Å². The maximum absolute atomic E-state index is 12.7. The number of likely N-dealkylation sites (tertiary alicyclic amines) is 1. The zero-order valence-electron chi connectivity index (χ0n) is 12.6. The van der Waals surface area contributed by atoms with Crippen LogP contribution < -0.4 is 10.1 Å². The molecule has 22 heavy (non-hydrogen) atoms. The minimum atomic E-state index is -0.399. The van der Waals surface area contributed by atoms with E-state index in [0.717, 1.165) is 25.7 Å². The second kappa shape index (κ2) is 8.58. The van der Waals surface area contributed by atoms with Gasteiger partial charge in [0.25, 0.3) is 0 Å². The van der Waals surface area contributed by atoms with Crippen LogP contribution in [-0.2, 0) is 0 Å². The summed E-state index contributed by atoms with van der Waals surface area (Å²) in [6.45, 7) is 2.23. The molecule has 1 aliphatic heterocycles. The van der Waals surface area contributed by atoms with Gasteiger partial charge in [-0.1, -0.05) is 0 Å². The third kappa shape index (κ3) is 5.52. The molecular formula is C16H23FN2O3. The minimum Gasteiger partial charge on any atom is -0.494 e. The molecule has 1 saturated heterocycles. The van der Waals surface area contributed by atoms with Crippen LogP contribution in [0.3, 0.4) is 0 Å². The number of piperidine rings is 1. The topological polar surface area (TPSA) is 61.8 Å². The summed E-state index contributed by atoms with van der Waals surface area (Å²) in [5, 5.41) is 12.4. The van der Waals surface area contributed by atoms with Crippen molar-refractivity contribution in [1.82, 2.24) is 10.2 Å². The van der Waals surface area contributed by atoms with Crippen LogP contribution in [0.5, 0.6) is 5.75 Å². The Balaban J connectivity index is 1.53. The van der Waals surface area contributed by atoms with Crippen molar-refractivity contribution in [2.45, 2.75) is 31.8 Å². The number of β-amino-alcohol motifs (C(OH)–C–C–N with tert-alkyl or cyclic N) is 1. The second-order valence-corrected chi connectivity index (χ2v) is 5.48. The van der Waals surface area contributed by atoms with Crippen molar-refractivity contribution in [2.75, 3.05) is 26.2 Å². The van der Waals surface area contributed by atoms with Crippen LogP contribution in [0.4, 0.5) is 9.18 Å². The average molecular weight is 310 g/mol. The maximum Gasteiger partial charge on any atom is 0.317 e. The lowest BCUT2D eigenvalue weighted by atomic mass is 10.1. The van der Waals surface area contributed by atoms with E-state index in [1.807, 2.05) is 0 Å². The number of benzene rings is 1. The van der Waals surface area contributed by atoms with Crippen molar-refractivity contribution in [3.63, 3.8) is 0 Å². The molecule has 0 radical (unpaired) electrons. The van der Waals surface area contributed by atoms with Crippen LogP contribution in [-0.4, -0.2) is 48.4 Å². The summed E-state index contributed by atoms with van der Waals surface area (Å²) in [5.74, 6) is 0.366. The van der Waals surface area contributed by atoms with Crippen molar-refractivity contribution in [1.29, 1.82) is 0 Å². The Labute approximate surface area is 130 Å². The Bertz CT molecular complexity index is 467. The van der Waals surface area contributed by atoms with Crippen LogP contribution in [0.25, 0.3) is 0 Å². The van der Waals surface area contributed by atoms with Crippen molar-refractivity contribution >= 4 is 6.03 Å². The zero-order valence-corrected chi connectivity index (χ0v) is 12.6. The van der Waals surface area contributed by atoms with Gasteiger partial charge in [0.1, 0.15) is 11.6 Å². The smallest absolute Gasteiger partial charge is 0.317 e. The summed E-state index contributed by atoms with van der Waals surface area (Å²) in [4.78, 5) is 13.5. The van der Waals surface area contributed by atoms with E-state index in [2.05, 4.69) is 5.32 Å². The third-order valence-corrected chi connectivity index (χ3v) is 3.61. The van der Waals surface area contributed by atoms with E-state index in [1.54, 1.807) is 17.0 Å². The molecular weight excluding hydrogens is 287 g/mol. The number of halogens is 1. The van der Waals surface area contributed by atoms with Gasteiger partial charge in [0.2, 0.25) is 0 Å². The van der Waals surface area contributed by atoms with Crippen LogP contribution >= 0.6 is 0 Å². The molecule has 1 fully saturated rings. The lowest BCUT2D eigenvalue weighted by Gasteiger charge is -2.30. The lowest BCUT2D eigenvalue weighted by molar-refractivity contribution is 0.0842. The van der Waals surface area contributed by atoms with Gasteiger partial charge < -0.3 is 20.1 Å². The fourth-order valence-electron chi connectivity index (χ4n) is 2.39. The van der Waals surface area contributed by atoms with Gasteiger partial charge in [-0.15, -0.1) is 0 Å². The molecule has 122 valence electrons. The van der Waals surface area contributed by atoms with Crippen molar-refractivity contribution in [3.8, 4) is 5.75 Å². The number of rotatable bonds is 6. The van der Waals surface area contributed by atoms with Gasteiger partial charge in [0.15, 0.2) is 0 Å². The number of aliphatic hydroxyl groups excluding tert-OH is 1. The van der Waals surface area contributed by atoms with Gasteiger partial charge in [-0.3, -0.25) is 0 Å². The molecule has 6 heteroatoms. The van der Waals surface area contributed by atoms with E-state index < -0.39 is 6.10 Å². The largest absolute Gasteiger partial charge is 0.494 e. The number of nitrogens with zero attached hydrogens (tertiary/aromatic N) is 1. The fraction of sp³-hybridized carbons (Fsp3) is 0.562. The van der Waals surface area contributed by atoms with E-state index in [-0.39, 0.29) is 11.8 Å². The quantitative estimate of drug-likeness (QED) is 0.792. The molecule has 1 aromatic rings. The van der Waals surface area contributed by atoms with Gasteiger partial charge in [-0.25, -0.2) is 9.18 Å². The molecule has 1 heterocycles. The number of unbranched alkanes of at least 4 members (excludes halogenated alkanes) is 1. The first kappa shape index (κ1) is 16.5. The molecule has 2 N–H and O–H groups in total. The fourth-order valence-corrected chi connectivity index (χ4v) is 2.39. The van der Waals surface area contributed by atoms with Crippen LogP contribution in [0.2, 0.25) is 0 Å². The number of aliphatic hydroxyl groups is 1. The highest BCUT2D eigenvalue weighted by molar-refractivity contribution is 5.74. The molecule has 1 aromatic carbocycles. The predicted octanol–water partition coefficient (Wildman–Crippen LogP) is 2.15. The molecule has 0 saturated carbocycles. The predicted molar refractivity (Wildman–Crippen MR) is 81.3 cm³/mol. The number of urea groups is 1. The number of carbonyl (C=O) groups is 1. The molecule has 0 aliphatic carbocycles. The lowest BCUT2D eigenvalue weighted by Crippen LogP contribution is -2.47. The first-order valence-electron chi connectivity index (χ1n) is 7.74. The van der Waals surface area contributed by atoms with Crippen molar-refractivity contribution in [3.05, 3.63) is 30.1 Å². The summed E-state index contributed by atoms with van der Waals surface area (Å²) >= 11 is 0. The van der Waals surface area contributed by atoms with Gasteiger partial charge in [0.05, 0.1) is 12.7 Å². The van der Waals surface area contributed by atoms with Gasteiger partial charge >= 0.3 is 6.03 Å². The minimum absolute atomic E-state index is 0.113. The molecule has 5 nitrogen and oxygen atoms in total. The van der Waals surface area contributed by atoms with Crippen LogP contribution in [0.15, 0.2) is 24.3 Å². The molecule has 1 atom stereocenters. The Hall–Kier alpha value is -1.82. The number of carbonyl (C=O) groups excluding carboxylic acids is 1. The molecule has 1 aliphatic rings. The number of hydrogen-bond acceptors (Lipinski definition) is 3. The monoisotopic (exact) mass is 310 g/mol. The molecule has 2 amide bonds. The Morgan fingerprint density at radius 3 is 2.86 bits per heavy atom. The average Bonchev–Trinajstić information content (AvgIpc) is 2.52. The highest BCUT2D eigenvalue weighted by atomic mass is 19.1. The van der Waals surface area contributed by atoms with Crippen LogP contribution in [0, 0.1) is 5.82 Å². The van der Waals surface area contributed by atoms with E-state index >= 15 is 0 Å². The molecule has 0 aromatic heterocycles. The first-order valence-corrected chi connectivity index (χ1v) is 7.74. The van der Waals surface area contributed by atoms with E-state index in [4.69, 9.17) is 4.74 Å². The van der Waals surface area contributed by atoms with E-state index in [1.165, 1.54) is 12.1 Å². The molecule has 0 bridgehead atoms. The first-order chi connectivity index (χ1) is 10.6. The Morgan fingerprint density at radius 1 is 1.36 bits per heavy atom.